The van der Waals surface area contributed by atoms with Crippen molar-refractivity contribution >= 4 is 0 Å². The molecular weight excluding hydrogens is 430 g/mol. The maximum absolute atomic E-state index is 5.84. The molecular formula is C25H31N7O2. The van der Waals surface area contributed by atoms with Gasteiger partial charge in [0.25, 0.3) is 0 Å². The van der Waals surface area contributed by atoms with Crippen molar-refractivity contribution in [2.75, 3.05) is 20.1 Å². The van der Waals surface area contributed by atoms with Gasteiger partial charge in [-0.25, -0.2) is 9.36 Å². The molecule has 0 spiro atoms. The first-order valence-electron chi connectivity index (χ1n) is 11.4. The Hall–Kier alpha value is -3.40. The highest BCUT2D eigenvalue weighted by atomic mass is 16.5. The second-order valence-corrected chi connectivity index (χ2v) is 8.16. The first-order valence-corrected chi connectivity index (χ1v) is 11.4. The van der Waals surface area contributed by atoms with Gasteiger partial charge >= 0.3 is 0 Å². The zero-order valence-corrected chi connectivity index (χ0v) is 19.5. The molecule has 0 fully saturated rings. The van der Waals surface area contributed by atoms with Crippen molar-refractivity contribution in [3.8, 4) is 0 Å². The predicted molar refractivity (Wildman–Crippen MR) is 127 cm³/mol. The first kappa shape index (κ1) is 23.7. The number of nitrogens with zero attached hydrogens (tertiary/aromatic N) is 7. The largest absolute Gasteiger partial charge is 0.370 e. The van der Waals surface area contributed by atoms with Crippen LogP contribution in [0.3, 0.4) is 0 Å². The SMILES string of the molecule is CN(CCn1nncc1COCc1ccccc1)CCn1nncc1COCc1ccccc1. The van der Waals surface area contributed by atoms with Gasteiger partial charge in [0.15, 0.2) is 0 Å². The van der Waals surface area contributed by atoms with Crippen LogP contribution in [0.5, 0.6) is 0 Å². The minimum atomic E-state index is 0.483. The van der Waals surface area contributed by atoms with E-state index in [1.165, 1.54) is 0 Å². The number of ether oxygens (including phenoxy) is 2. The Labute approximate surface area is 199 Å². The average Bonchev–Trinajstić information content (AvgIpc) is 3.52. The highest BCUT2D eigenvalue weighted by Crippen LogP contribution is 2.07. The Morgan fingerprint density at radius 3 is 1.53 bits per heavy atom. The van der Waals surface area contributed by atoms with Gasteiger partial charge in [0.05, 0.1) is 63.3 Å². The van der Waals surface area contributed by atoms with Crippen LogP contribution >= 0.6 is 0 Å². The van der Waals surface area contributed by atoms with Crippen LogP contribution in [-0.2, 0) is 49.0 Å². The van der Waals surface area contributed by atoms with Crippen LogP contribution in [0.4, 0.5) is 0 Å². The van der Waals surface area contributed by atoms with Crippen molar-refractivity contribution in [2.24, 2.45) is 0 Å². The molecule has 0 saturated heterocycles. The molecule has 4 aromatic rings. The van der Waals surface area contributed by atoms with E-state index in [4.69, 9.17) is 9.47 Å². The van der Waals surface area contributed by atoms with Crippen molar-refractivity contribution < 1.29 is 9.47 Å². The number of aromatic nitrogens is 6. The quantitative estimate of drug-likeness (QED) is 0.285. The average molecular weight is 462 g/mol. The predicted octanol–water partition coefficient (Wildman–Crippen LogP) is 2.94. The third kappa shape index (κ3) is 7.31. The van der Waals surface area contributed by atoms with Crippen LogP contribution in [-0.4, -0.2) is 55.0 Å². The third-order valence-corrected chi connectivity index (χ3v) is 5.51. The summed E-state index contributed by atoms with van der Waals surface area (Å²) in [5.41, 5.74) is 4.25. The van der Waals surface area contributed by atoms with Gasteiger partial charge in [-0.15, -0.1) is 10.2 Å². The lowest BCUT2D eigenvalue weighted by Gasteiger charge is -2.17. The fourth-order valence-corrected chi connectivity index (χ4v) is 3.50. The van der Waals surface area contributed by atoms with E-state index < -0.39 is 0 Å². The van der Waals surface area contributed by atoms with E-state index in [9.17, 15) is 0 Å². The molecule has 0 aliphatic rings. The van der Waals surface area contributed by atoms with E-state index in [0.29, 0.717) is 26.4 Å². The highest BCUT2D eigenvalue weighted by molar-refractivity contribution is 5.14. The summed E-state index contributed by atoms with van der Waals surface area (Å²) in [5, 5.41) is 16.5. The van der Waals surface area contributed by atoms with E-state index in [0.717, 1.165) is 48.7 Å². The molecule has 2 aromatic carbocycles. The second-order valence-electron chi connectivity index (χ2n) is 8.16. The van der Waals surface area contributed by atoms with Crippen molar-refractivity contribution in [2.45, 2.75) is 39.5 Å². The van der Waals surface area contributed by atoms with Crippen LogP contribution in [0.2, 0.25) is 0 Å². The van der Waals surface area contributed by atoms with Gasteiger partial charge in [0.2, 0.25) is 0 Å². The fraction of sp³-hybridized carbons (Fsp3) is 0.360. The lowest BCUT2D eigenvalue weighted by molar-refractivity contribution is 0.0999. The summed E-state index contributed by atoms with van der Waals surface area (Å²) in [6.45, 7) is 5.26. The van der Waals surface area contributed by atoms with Gasteiger partial charge < -0.3 is 14.4 Å². The molecule has 2 heterocycles. The summed E-state index contributed by atoms with van der Waals surface area (Å²) in [6.07, 6.45) is 3.53. The van der Waals surface area contributed by atoms with Gasteiger partial charge in [-0.1, -0.05) is 71.1 Å². The molecule has 0 bridgehead atoms. The van der Waals surface area contributed by atoms with Crippen LogP contribution in [0.15, 0.2) is 73.1 Å². The molecule has 4 rings (SSSR count). The topological polar surface area (TPSA) is 83.1 Å². The van der Waals surface area contributed by atoms with Gasteiger partial charge in [-0.05, 0) is 18.2 Å². The molecule has 0 unspecified atom stereocenters. The molecule has 0 saturated carbocycles. The van der Waals surface area contributed by atoms with Gasteiger partial charge in [-0.2, -0.15) is 0 Å². The molecule has 0 aliphatic heterocycles. The third-order valence-electron chi connectivity index (χ3n) is 5.51. The van der Waals surface area contributed by atoms with E-state index in [-0.39, 0.29) is 0 Å². The van der Waals surface area contributed by atoms with E-state index in [1.54, 1.807) is 12.4 Å². The van der Waals surface area contributed by atoms with Crippen LogP contribution in [0.1, 0.15) is 22.5 Å². The summed E-state index contributed by atoms with van der Waals surface area (Å²) >= 11 is 0. The smallest absolute Gasteiger partial charge is 0.0905 e. The molecule has 0 atom stereocenters. The van der Waals surface area contributed by atoms with Crippen molar-refractivity contribution in [1.29, 1.82) is 0 Å². The summed E-state index contributed by atoms with van der Waals surface area (Å²) in [7, 11) is 2.09. The number of rotatable bonds is 14. The Morgan fingerprint density at radius 1 is 0.647 bits per heavy atom. The Bertz CT molecular complexity index is 1010. The van der Waals surface area contributed by atoms with Crippen LogP contribution < -0.4 is 0 Å². The maximum Gasteiger partial charge on any atom is 0.0905 e. The Balaban J connectivity index is 1.17. The first-order chi connectivity index (χ1) is 16.8. The molecule has 0 radical (unpaired) electrons. The van der Waals surface area contributed by atoms with E-state index in [2.05, 4.69) is 56.8 Å². The number of hydrogen-bond donors (Lipinski definition) is 0. The molecule has 2 aromatic heterocycles. The molecule has 178 valence electrons. The lowest BCUT2D eigenvalue weighted by Crippen LogP contribution is -2.28. The zero-order chi connectivity index (χ0) is 23.4. The standard InChI is InChI=1S/C25H31N7O2/c1-30(12-14-31-24(16-26-28-31)20-33-18-22-8-4-2-5-9-22)13-15-32-25(17-27-29-32)21-34-19-23-10-6-3-7-11-23/h2-11,16-17H,12-15,18-21H2,1H3. The minimum absolute atomic E-state index is 0.483. The van der Waals surface area contributed by atoms with Gasteiger partial charge in [0, 0.05) is 13.1 Å². The van der Waals surface area contributed by atoms with Crippen molar-refractivity contribution in [1.82, 2.24) is 34.9 Å². The summed E-state index contributed by atoms with van der Waals surface area (Å²) < 4.78 is 15.5. The normalized spacial score (nSPS) is 11.4. The van der Waals surface area contributed by atoms with Crippen molar-refractivity contribution in [3.63, 3.8) is 0 Å². The molecule has 0 aliphatic carbocycles. The summed E-state index contributed by atoms with van der Waals surface area (Å²) in [5.74, 6) is 0. The minimum Gasteiger partial charge on any atom is -0.370 e. The molecule has 9 heteroatoms. The summed E-state index contributed by atoms with van der Waals surface area (Å²) in [6, 6.07) is 20.3. The van der Waals surface area contributed by atoms with Crippen LogP contribution in [0, 0.1) is 0 Å². The molecule has 0 N–H and O–H groups in total. The van der Waals surface area contributed by atoms with E-state index >= 15 is 0 Å². The second kappa shape index (κ2) is 12.7. The highest BCUT2D eigenvalue weighted by Gasteiger charge is 2.09. The van der Waals surface area contributed by atoms with Gasteiger partial charge in [0.1, 0.15) is 0 Å². The van der Waals surface area contributed by atoms with Crippen LogP contribution in [0.25, 0.3) is 0 Å². The molecule has 0 amide bonds. The molecule has 34 heavy (non-hydrogen) atoms. The maximum atomic E-state index is 5.84. The van der Waals surface area contributed by atoms with E-state index in [1.807, 2.05) is 45.8 Å². The lowest BCUT2D eigenvalue weighted by atomic mass is 10.2. The zero-order valence-electron chi connectivity index (χ0n) is 19.5. The monoisotopic (exact) mass is 461 g/mol. The van der Waals surface area contributed by atoms with Gasteiger partial charge in [-0.3, -0.25) is 0 Å². The van der Waals surface area contributed by atoms with Crippen molar-refractivity contribution in [3.05, 3.63) is 95.6 Å². The number of benzene rings is 2. The Kier molecular flexibility index (Phi) is 8.90. The Morgan fingerprint density at radius 2 is 1.09 bits per heavy atom. The fourth-order valence-electron chi connectivity index (χ4n) is 3.50. The number of likely N-dealkylation sites (N-methyl/N-ethyl adjacent to an activating group) is 1. The summed E-state index contributed by atoms with van der Waals surface area (Å²) in [4.78, 5) is 2.24. The molecule has 9 nitrogen and oxygen atoms in total. The number of hydrogen-bond acceptors (Lipinski definition) is 7.